The lowest BCUT2D eigenvalue weighted by atomic mass is 10.0. The number of rotatable bonds is 14. The molecule has 48 heavy (non-hydrogen) atoms. The molecule has 11 nitrogen and oxygen atoms in total. The maximum atomic E-state index is 13.6. The minimum absolute atomic E-state index is 0.0406. The van der Waals surface area contributed by atoms with Gasteiger partial charge in [-0.1, -0.05) is 17.7 Å². The minimum Gasteiger partial charge on any atom is -0.491 e. The number of carbonyl (C=O) groups excluding carboxylic acids is 1. The lowest BCUT2D eigenvalue weighted by Crippen LogP contribution is -2.44. The van der Waals surface area contributed by atoms with Crippen molar-refractivity contribution >= 4 is 43.8 Å². The molecule has 0 N–H and O–H groups in total. The van der Waals surface area contributed by atoms with Crippen LogP contribution in [0.4, 0.5) is 24.5 Å². The molecule has 1 aliphatic rings. The van der Waals surface area contributed by atoms with Crippen molar-refractivity contribution in [2.45, 2.75) is 37.4 Å². The van der Waals surface area contributed by atoms with E-state index in [1.54, 1.807) is 50.2 Å². The van der Waals surface area contributed by atoms with Gasteiger partial charge in [-0.05, 0) is 75.4 Å². The predicted molar refractivity (Wildman–Crippen MR) is 171 cm³/mol. The van der Waals surface area contributed by atoms with Crippen LogP contribution in [0.2, 0.25) is 0 Å². The lowest BCUT2D eigenvalue weighted by molar-refractivity contribution is -0.137. The molecule has 0 spiro atoms. The predicted octanol–water partition coefficient (Wildman–Crippen LogP) is 4.64. The average Bonchev–Trinajstić information content (AvgIpc) is 3.25. The summed E-state index contributed by atoms with van der Waals surface area (Å²) in [5, 5.41) is 8.98. The van der Waals surface area contributed by atoms with E-state index in [0.717, 1.165) is 16.5 Å². The van der Waals surface area contributed by atoms with Crippen LogP contribution in [0.15, 0.2) is 71.6 Å². The van der Waals surface area contributed by atoms with Gasteiger partial charge >= 0.3 is 6.18 Å². The number of nitrogens with zero attached hydrogens (tertiary/aromatic N) is 3. The highest BCUT2D eigenvalue weighted by atomic mass is 32.2. The molecule has 1 saturated heterocycles. The fourth-order valence-electron chi connectivity index (χ4n) is 4.74. The van der Waals surface area contributed by atoms with Crippen molar-refractivity contribution in [3.8, 4) is 11.8 Å². The first-order chi connectivity index (χ1) is 22.7. The molecule has 0 unspecified atom stereocenters. The second-order valence-electron chi connectivity index (χ2n) is 10.9. The monoisotopic (exact) mass is 707 g/mol. The van der Waals surface area contributed by atoms with Crippen LogP contribution < -0.4 is 14.5 Å². The number of benzene rings is 3. The SMILES string of the molecule is Cc1ccc(S(=O)(=O)OCCOCCOCCOc2ccc(N3C(=S=O)N(c4ccc(C#N)c(C(F)(F)F)c4)C(=O)C3(C)C)cc2)cc1. The molecule has 3 aromatic carbocycles. The van der Waals surface area contributed by atoms with Crippen LogP contribution >= 0.6 is 0 Å². The third-order valence-electron chi connectivity index (χ3n) is 7.17. The molecule has 0 aromatic heterocycles. The van der Waals surface area contributed by atoms with Crippen LogP contribution in [-0.2, 0) is 46.0 Å². The molecule has 1 amide bonds. The van der Waals surface area contributed by atoms with Crippen LogP contribution in [0.25, 0.3) is 0 Å². The van der Waals surface area contributed by atoms with E-state index in [2.05, 4.69) is 0 Å². The summed E-state index contributed by atoms with van der Waals surface area (Å²) in [7, 11) is -3.86. The van der Waals surface area contributed by atoms with E-state index < -0.39 is 38.9 Å². The summed E-state index contributed by atoms with van der Waals surface area (Å²) in [6.45, 7) is 5.71. The molecule has 0 atom stereocenters. The molecule has 0 aliphatic carbocycles. The number of aryl methyl sites for hydroxylation is 1. The summed E-state index contributed by atoms with van der Waals surface area (Å²) in [5.74, 6) is -0.163. The van der Waals surface area contributed by atoms with Crippen molar-refractivity contribution in [2.75, 3.05) is 49.4 Å². The van der Waals surface area contributed by atoms with Gasteiger partial charge in [0.2, 0.25) is 5.11 Å². The van der Waals surface area contributed by atoms with Gasteiger partial charge in [-0.2, -0.15) is 26.9 Å². The highest BCUT2D eigenvalue weighted by Gasteiger charge is 2.51. The van der Waals surface area contributed by atoms with Crippen molar-refractivity contribution in [3.63, 3.8) is 0 Å². The van der Waals surface area contributed by atoms with Gasteiger partial charge in [0.25, 0.3) is 16.0 Å². The number of alkyl halides is 3. The van der Waals surface area contributed by atoms with Gasteiger partial charge in [0.1, 0.15) is 29.2 Å². The molecule has 256 valence electrons. The molecule has 1 aliphatic heterocycles. The molecule has 3 aromatic rings. The second-order valence-corrected chi connectivity index (χ2v) is 13.0. The summed E-state index contributed by atoms with van der Waals surface area (Å²) >= 11 is -0.0406. The third-order valence-corrected chi connectivity index (χ3v) is 9.01. The number of anilines is 2. The number of hydrogen-bond donors (Lipinski definition) is 0. The molecule has 0 radical (unpaired) electrons. The van der Waals surface area contributed by atoms with Crippen molar-refractivity contribution in [1.29, 1.82) is 5.26 Å². The Bertz CT molecular complexity index is 1820. The van der Waals surface area contributed by atoms with Crippen LogP contribution in [0.3, 0.4) is 0 Å². The average molecular weight is 708 g/mol. The van der Waals surface area contributed by atoms with E-state index in [0.29, 0.717) is 17.5 Å². The summed E-state index contributed by atoms with van der Waals surface area (Å²) < 4.78 is 98.9. The van der Waals surface area contributed by atoms with Gasteiger partial charge in [-0.3, -0.25) is 13.9 Å². The van der Waals surface area contributed by atoms with Gasteiger partial charge < -0.3 is 19.1 Å². The van der Waals surface area contributed by atoms with Crippen molar-refractivity contribution < 1.29 is 49.0 Å². The number of ether oxygens (including phenoxy) is 3. The summed E-state index contributed by atoms with van der Waals surface area (Å²) in [6, 6.07) is 17.1. The Hall–Kier alpha value is -4.27. The van der Waals surface area contributed by atoms with Crippen molar-refractivity contribution in [2.24, 2.45) is 0 Å². The molecule has 16 heteroatoms. The summed E-state index contributed by atoms with van der Waals surface area (Å²) in [4.78, 5) is 15.9. The fraction of sp³-hybridized carbons (Fsp3) is 0.344. The van der Waals surface area contributed by atoms with Crippen molar-refractivity contribution in [1.82, 2.24) is 0 Å². The van der Waals surface area contributed by atoms with Gasteiger partial charge in [-0.25, -0.2) is 4.21 Å². The zero-order valence-corrected chi connectivity index (χ0v) is 27.8. The molecule has 0 saturated carbocycles. The van der Waals surface area contributed by atoms with Gasteiger partial charge in [0.05, 0.1) is 60.8 Å². The van der Waals surface area contributed by atoms with Crippen molar-refractivity contribution in [3.05, 3.63) is 83.4 Å². The summed E-state index contributed by atoms with van der Waals surface area (Å²) in [6.07, 6.45) is -4.84. The standard InChI is InChI=1S/C32H32F3N3O8S2/c1-22-4-12-27(13-5-22)48(41,42)46-19-17-44-15-14-43-16-18-45-26-10-8-24(9-11-26)38-30(47-40)37(29(39)31(38,2)3)25-7-6-23(21-36)28(20-25)32(33,34)35/h4-13,20H,14-19H2,1-3H3. The fourth-order valence-corrected chi connectivity index (χ4v) is 6.31. The third kappa shape index (κ3) is 8.41. The zero-order valence-electron chi connectivity index (χ0n) is 26.2. The highest BCUT2D eigenvalue weighted by Crippen LogP contribution is 2.39. The van der Waals surface area contributed by atoms with Crippen LogP contribution in [0, 0.1) is 18.3 Å². The van der Waals surface area contributed by atoms with Gasteiger partial charge in [-0.15, -0.1) is 0 Å². The van der Waals surface area contributed by atoms with Crippen LogP contribution in [0.1, 0.15) is 30.5 Å². The minimum atomic E-state index is -4.84. The first kappa shape index (κ1) is 36.6. The Kier molecular flexibility index (Phi) is 11.7. The van der Waals surface area contributed by atoms with E-state index in [1.165, 1.54) is 29.2 Å². The maximum absolute atomic E-state index is 13.6. The second kappa shape index (κ2) is 15.3. The first-order valence-electron chi connectivity index (χ1n) is 14.5. The quantitative estimate of drug-likeness (QED) is 0.133. The zero-order chi connectivity index (χ0) is 35.1. The molecular formula is C32H32F3N3O8S2. The van der Waals surface area contributed by atoms with Crippen LogP contribution in [-0.4, -0.2) is 68.8 Å². The van der Waals surface area contributed by atoms with Gasteiger partial charge in [0.15, 0.2) is 0 Å². The first-order valence-corrected chi connectivity index (χ1v) is 16.6. The molecular weight excluding hydrogens is 675 g/mol. The number of hydrogen-bond acceptors (Lipinski definition) is 9. The van der Waals surface area contributed by atoms with Gasteiger partial charge in [0, 0.05) is 5.69 Å². The van der Waals surface area contributed by atoms with E-state index in [9.17, 15) is 30.6 Å². The Labute approximate surface area is 279 Å². The highest BCUT2D eigenvalue weighted by molar-refractivity contribution is 7.86. The molecule has 4 rings (SSSR count). The number of amides is 1. The van der Waals surface area contributed by atoms with E-state index in [1.807, 2.05) is 6.92 Å². The summed E-state index contributed by atoms with van der Waals surface area (Å²) in [5.41, 5.74) is -1.98. The Morgan fingerprint density at radius 2 is 1.46 bits per heavy atom. The van der Waals surface area contributed by atoms with E-state index >= 15 is 0 Å². The molecule has 1 fully saturated rings. The maximum Gasteiger partial charge on any atom is 0.417 e. The topological polar surface area (TPSA) is 135 Å². The number of nitriles is 1. The smallest absolute Gasteiger partial charge is 0.417 e. The molecule has 0 bridgehead atoms. The lowest BCUT2D eigenvalue weighted by Gasteiger charge is -2.29. The van der Waals surface area contributed by atoms with E-state index in [-0.39, 0.29) is 66.6 Å². The number of halogens is 3. The normalized spacial score (nSPS) is 14.7. The molecule has 1 heterocycles. The number of carbonyl (C=O) groups is 1. The largest absolute Gasteiger partial charge is 0.491 e. The Morgan fingerprint density at radius 1 is 0.875 bits per heavy atom. The van der Waals surface area contributed by atoms with Crippen LogP contribution in [0.5, 0.6) is 5.75 Å². The van der Waals surface area contributed by atoms with E-state index in [4.69, 9.17) is 23.7 Å². The Balaban J connectivity index is 1.25. The Morgan fingerprint density at radius 3 is 2.04 bits per heavy atom.